The maximum absolute atomic E-state index is 12.2. The van der Waals surface area contributed by atoms with Gasteiger partial charge in [-0.15, -0.1) is 0 Å². The van der Waals surface area contributed by atoms with Crippen LogP contribution in [0.1, 0.15) is 67.5 Å². The molecule has 1 saturated carbocycles. The van der Waals surface area contributed by atoms with Crippen molar-refractivity contribution in [1.29, 1.82) is 0 Å². The summed E-state index contributed by atoms with van der Waals surface area (Å²) < 4.78 is 0. The van der Waals surface area contributed by atoms with Gasteiger partial charge in [0.05, 0.1) is 11.0 Å². The van der Waals surface area contributed by atoms with Crippen LogP contribution < -0.4 is 5.56 Å². The van der Waals surface area contributed by atoms with Gasteiger partial charge in [0.25, 0.3) is 5.56 Å². The zero-order valence-corrected chi connectivity index (χ0v) is 20.7. The molecular weight excluding hydrogens is 420 g/mol. The Hall–Kier alpha value is -2.50. The van der Waals surface area contributed by atoms with Crippen LogP contribution in [-0.2, 0) is 12.8 Å². The molecule has 0 amide bonds. The van der Waals surface area contributed by atoms with Crippen LogP contribution in [0.5, 0.6) is 0 Å². The van der Waals surface area contributed by atoms with Gasteiger partial charge < -0.3 is 4.98 Å². The summed E-state index contributed by atoms with van der Waals surface area (Å²) >= 11 is 0. The number of H-pyrrole nitrogens is 1. The number of benzene rings is 2. The molecule has 34 heavy (non-hydrogen) atoms. The molecule has 2 aliphatic rings. The lowest BCUT2D eigenvalue weighted by atomic mass is 9.93. The number of fused-ring (bicyclic) bond motifs is 1. The van der Waals surface area contributed by atoms with E-state index in [1.165, 1.54) is 61.9 Å². The van der Waals surface area contributed by atoms with E-state index >= 15 is 0 Å². The van der Waals surface area contributed by atoms with Crippen LogP contribution in [0.2, 0.25) is 0 Å². The van der Waals surface area contributed by atoms with Crippen molar-refractivity contribution in [2.24, 2.45) is 0 Å². The number of aromatic nitrogens is 2. The van der Waals surface area contributed by atoms with Gasteiger partial charge in [-0.05, 0) is 55.9 Å². The zero-order valence-electron chi connectivity index (χ0n) is 20.7. The van der Waals surface area contributed by atoms with Gasteiger partial charge in [-0.2, -0.15) is 0 Å². The summed E-state index contributed by atoms with van der Waals surface area (Å²) in [5, 5.41) is 0. The third-order valence-electron chi connectivity index (χ3n) is 7.93. The molecule has 2 aromatic carbocycles. The van der Waals surface area contributed by atoms with Gasteiger partial charge in [0.2, 0.25) is 0 Å². The molecule has 1 atom stereocenters. The van der Waals surface area contributed by atoms with Gasteiger partial charge in [-0.3, -0.25) is 14.6 Å². The molecule has 180 valence electrons. The lowest BCUT2D eigenvalue weighted by Gasteiger charge is -2.43. The number of rotatable bonds is 6. The summed E-state index contributed by atoms with van der Waals surface area (Å²) in [6, 6.07) is 16.6. The molecule has 2 heterocycles. The standard InChI is InChI=1S/C29H38N4O/c1-3-25-29(34)31-26-14-11-22(19-27(26)30-25)20-28(23-12-9-21(2)10-13-23)33-17-15-32(16-18-33)24-7-5-4-6-8-24/h9-14,19,24,28H,3-8,15-18,20H2,1-2H3,(H,31,34). The Kier molecular flexibility index (Phi) is 7.12. The molecule has 3 aromatic rings. The maximum Gasteiger partial charge on any atom is 0.270 e. The number of hydrogen-bond acceptors (Lipinski definition) is 4. The van der Waals surface area contributed by atoms with Gasteiger partial charge in [0.1, 0.15) is 5.69 Å². The van der Waals surface area contributed by atoms with Gasteiger partial charge >= 0.3 is 0 Å². The van der Waals surface area contributed by atoms with Crippen LogP contribution in [0.4, 0.5) is 0 Å². The molecule has 5 nitrogen and oxygen atoms in total. The first-order chi connectivity index (χ1) is 16.6. The quantitative estimate of drug-likeness (QED) is 0.563. The van der Waals surface area contributed by atoms with Gasteiger partial charge in [-0.1, -0.05) is 62.1 Å². The van der Waals surface area contributed by atoms with E-state index in [1.807, 2.05) is 13.0 Å². The third kappa shape index (κ3) is 5.11. The average molecular weight is 459 g/mol. The van der Waals surface area contributed by atoms with Crippen molar-refractivity contribution < 1.29 is 0 Å². The second-order valence-corrected chi connectivity index (χ2v) is 10.2. The van der Waals surface area contributed by atoms with E-state index in [2.05, 4.69) is 63.1 Å². The zero-order chi connectivity index (χ0) is 23.5. The highest BCUT2D eigenvalue weighted by molar-refractivity contribution is 5.74. The normalized spacial score (nSPS) is 19.5. The van der Waals surface area contributed by atoms with Crippen LogP contribution in [0.3, 0.4) is 0 Å². The first kappa shape index (κ1) is 23.3. The van der Waals surface area contributed by atoms with E-state index < -0.39 is 0 Å². The highest BCUT2D eigenvalue weighted by atomic mass is 16.1. The summed E-state index contributed by atoms with van der Waals surface area (Å²) in [4.78, 5) is 25.2. The van der Waals surface area contributed by atoms with Gasteiger partial charge in [-0.25, -0.2) is 4.98 Å². The highest BCUT2D eigenvalue weighted by Gasteiger charge is 2.29. The summed E-state index contributed by atoms with van der Waals surface area (Å²) in [6.07, 6.45) is 8.58. The van der Waals surface area contributed by atoms with E-state index in [-0.39, 0.29) is 5.56 Å². The number of piperazine rings is 1. The second kappa shape index (κ2) is 10.4. The molecular formula is C29H38N4O. The number of aromatic amines is 1. The Labute approximate surface area is 203 Å². The van der Waals surface area contributed by atoms with Crippen molar-refractivity contribution >= 4 is 11.0 Å². The average Bonchev–Trinajstić information content (AvgIpc) is 2.88. The maximum atomic E-state index is 12.2. The smallest absolute Gasteiger partial charge is 0.270 e. The second-order valence-electron chi connectivity index (χ2n) is 10.2. The molecule has 1 unspecified atom stereocenters. The van der Waals surface area contributed by atoms with Crippen molar-refractivity contribution in [3.05, 3.63) is 75.2 Å². The van der Waals surface area contributed by atoms with Crippen LogP contribution in [-0.4, -0.2) is 52.0 Å². The third-order valence-corrected chi connectivity index (χ3v) is 7.93. The Bertz CT molecular complexity index is 1150. The van der Waals surface area contributed by atoms with Crippen molar-refractivity contribution in [2.45, 2.75) is 70.9 Å². The molecule has 1 aliphatic carbocycles. The molecule has 1 saturated heterocycles. The first-order valence-electron chi connectivity index (χ1n) is 13.2. The fourth-order valence-electron chi connectivity index (χ4n) is 5.86. The van der Waals surface area contributed by atoms with Crippen molar-refractivity contribution in [1.82, 2.24) is 19.8 Å². The number of hydrogen-bond donors (Lipinski definition) is 1. The Morgan fingerprint density at radius 1 is 1.00 bits per heavy atom. The Morgan fingerprint density at radius 2 is 1.74 bits per heavy atom. The predicted octanol–water partition coefficient (Wildman–Crippen LogP) is 5.03. The van der Waals surface area contributed by atoms with E-state index in [4.69, 9.17) is 0 Å². The predicted molar refractivity (Wildman–Crippen MR) is 139 cm³/mol. The number of nitrogens with zero attached hydrogens (tertiary/aromatic N) is 3. The van der Waals surface area contributed by atoms with E-state index in [1.54, 1.807) is 0 Å². The lowest BCUT2D eigenvalue weighted by molar-refractivity contribution is 0.0559. The summed E-state index contributed by atoms with van der Waals surface area (Å²) in [5.74, 6) is 0. The molecule has 2 fully saturated rings. The molecule has 1 aliphatic heterocycles. The minimum Gasteiger partial charge on any atom is -0.319 e. The van der Waals surface area contributed by atoms with Crippen LogP contribution in [0.15, 0.2) is 47.3 Å². The van der Waals surface area contributed by atoms with Crippen molar-refractivity contribution in [3.8, 4) is 0 Å². The van der Waals surface area contributed by atoms with E-state index in [0.29, 0.717) is 18.2 Å². The fraction of sp³-hybridized carbons (Fsp3) is 0.517. The topological polar surface area (TPSA) is 52.2 Å². The Morgan fingerprint density at radius 3 is 2.44 bits per heavy atom. The number of nitrogens with one attached hydrogen (secondary N) is 1. The molecule has 0 bridgehead atoms. The van der Waals surface area contributed by atoms with Crippen molar-refractivity contribution in [2.75, 3.05) is 26.2 Å². The molecule has 0 radical (unpaired) electrons. The van der Waals surface area contributed by atoms with Gasteiger partial charge in [0, 0.05) is 38.3 Å². The molecule has 0 spiro atoms. The van der Waals surface area contributed by atoms with Crippen molar-refractivity contribution in [3.63, 3.8) is 0 Å². The molecule has 1 aromatic heterocycles. The fourth-order valence-corrected chi connectivity index (χ4v) is 5.86. The van der Waals surface area contributed by atoms with Crippen LogP contribution in [0, 0.1) is 6.92 Å². The van der Waals surface area contributed by atoms with Crippen LogP contribution >= 0.6 is 0 Å². The monoisotopic (exact) mass is 458 g/mol. The van der Waals surface area contributed by atoms with E-state index in [9.17, 15) is 4.79 Å². The largest absolute Gasteiger partial charge is 0.319 e. The first-order valence-corrected chi connectivity index (χ1v) is 13.2. The SMILES string of the molecule is CCc1nc2cc(CC(c3ccc(C)cc3)N3CCN(C4CCCCC4)CC3)ccc2[nH]c1=O. The summed E-state index contributed by atoms with van der Waals surface area (Å²) in [5.41, 5.74) is 6.21. The minimum absolute atomic E-state index is 0.0730. The Balaban J connectivity index is 1.38. The summed E-state index contributed by atoms with van der Waals surface area (Å²) in [6.45, 7) is 8.72. The highest BCUT2D eigenvalue weighted by Crippen LogP contribution is 2.30. The van der Waals surface area contributed by atoms with E-state index in [0.717, 1.165) is 36.6 Å². The van der Waals surface area contributed by atoms with Gasteiger partial charge in [0.15, 0.2) is 0 Å². The lowest BCUT2D eigenvalue weighted by Crippen LogP contribution is -2.51. The minimum atomic E-state index is -0.0730. The molecule has 5 heteroatoms. The number of aryl methyl sites for hydroxylation is 2. The summed E-state index contributed by atoms with van der Waals surface area (Å²) in [7, 11) is 0. The molecule has 1 N–H and O–H groups in total. The molecule has 5 rings (SSSR count). The van der Waals surface area contributed by atoms with Crippen LogP contribution in [0.25, 0.3) is 11.0 Å².